The van der Waals surface area contributed by atoms with E-state index in [1.165, 1.54) is 11.1 Å². The first-order valence-corrected chi connectivity index (χ1v) is 15.1. The van der Waals surface area contributed by atoms with Gasteiger partial charge < -0.3 is 10.2 Å². The van der Waals surface area contributed by atoms with Crippen LogP contribution in [0, 0.1) is 16.7 Å². The maximum Gasteiger partial charge on any atom is 0.414 e. The number of unbranched alkanes of at least 4 members (excludes halogenated alkanes) is 3. The van der Waals surface area contributed by atoms with Crippen LogP contribution in [0.2, 0.25) is 0 Å². The zero-order valence-electron chi connectivity index (χ0n) is 22.1. The molecule has 3 aliphatic rings. The topological polar surface area (TPSA) is 107 Å². The Morgan fingerprint density at radius 3 is 2.61 bits per heavy atom. The third-order valence-electron chi connectivity index (χ3n) is 9.82. The highest BCUT2D eigenvalue weighted by atomic mass is 32.2. The van der Waals surface area contributed by atoms with E-state index in [2.05, 4.69) is 24.6 Å². The summed E-state index contributed by atoms with van der Waals surface area (Å²) in [5, 5.41) is 20.2. The van der Waals surface area contributed by atoms with Crippen LogP contribution in [0.4, 0.5) is 18.9 Å². The fraction of sp³-hybridized carbons (Fsp3) is 0.714. The smallest absolute Gasteiger partial charge is 0.393 e. The van der Waals surface area contributed by atoms with E-state index in [4.69, 9.17) is 0 Å². The Morgan fingerprint density at radius 2 is 1.92 bits per heavy atom. The number of hydrogen-bond donors (Lipinski definition) is 4. The van der Waals surface area contributed by atoms with Crippen LogP contribution in [0.3, 0.4) is 0 Å². The first-order chi connectivity index (χ1) is 17.7. The van der Waals surface area contributed by atoms with Crippen molar-refractivity contribution in [1.82, 2.24) is 0 Å². The van der Waals surface area contributed by atoms with Gasteiger partial charge in [0.25, 0.3) is 0 Å². The molecular formula is C28H40F3NO5S. The molecule has 3 aliphatic carbocycles. The number of rotatable bonds is 9. The number of nitrogens with one attached hydrogen (secondary N) is 1. The van der Waals surface area contributed by atoms with E-state index in [-0.39, 0.29) is 29.3 Å². The zero-order valence-corrected chi connectivity index (χ0v) is 22.9. The molecule has 4 N–H and O–H groups in total. The molecule has 0 spiro atoms. The number of halogens is 3. The van der Waals surface area contributed by atoms with E-state index in [1.54, 1.807) is 12.1 Å². The van der Waals surface area contributed by atoms with Crippen molar-refractivity contribution in [3.8, 4) is 0 Å². The minimum atomic E-state index is -4.56. The van der Waals surface area contributed by atoms with Crippen LogP contribution in [0.15, 0.2) is 29.8 Å². The van der Waals surface area contributed by atoms with Crippen LogP contribution in [-0.2, 0) is 16.7 Å². The molecule has 2 saturated carbocycles. The molecule has 0 bridgehead atoms. The van der Waals surface area contributed by atoms with Crippen molar-refractivity contribution in [3.05, 3.63) is 41.0 Å². The van der Waals surface area contributed by atoms with Crippen LogP contribution in [-0.4, -0.2) is 41.6 Å². The summed E-state index contributed by atoms with van der Waals surface area (Å²) >= 11 is 0. The highest BCUT2D eigenvalue weighted by Gasteiger charge is 2.62. The fourth-order valence-electron chi connectivity index (χ4n) is 7.93. The van der Waals surface area contributed by atoms with Gasteiger partial charge in [0.05, 0.1) is 11.8 Å². The maximum absolute atomic E-state index is 12.5. The molecule has 2 fully saturated rings. The lowest BCUT2D eigenvalue weighted by molar-refractivity contribution is -0.205. The van der Waals surface area contributed by atoms with Gasteiger partial charge in [-0.2, -0.15) is 21.6 Å². The van der Waals surface area contributed by atoms with Gasteiger partial charge in [0.15, 0.2) is 0 Å². The highest BCUT2D eigenvalue weighted by Crippen LogP contribution is 2.69. The molecule has 3 unspecified atom stereocenters. The van der Waals surface area contributed by atoms with E-state index in [1.807, 2.05) is 6.07 Å². The Morgan fingerprint density at radius 1 is 1.18 bits per heavy atom. The van der Waals surface area contributed by atoms with Crippen molar-refractivity contribution in [3.63, 3.8) is 0 Å². The van der Waals surface area contributed by atoms with Crippen LogP contribution in [0.1, 0.15) is 95.1 Å². The Bertz CT molecular complexity index is 1150. The lowest BCUT2D eigenvalue weighted by atomic mass is 9.45. The van der Waals surface area contributed by atoms with Crippen LogP contribution < -0.4 is 4.72 Å². The standard InChI is InChI=1S/C28H40F3NO5S/c1-18(7-5-3-4-6-8-25(34)28(29,30)31)27-16-13-19-17-20(32-38(35,36)37)9-10-21(19)22(27)14-15-26(2)23(27)11-12-24(26)33/h7,9-10,17,22-25,32-34H,3-6,8,11-16H2,1-2H3,(H,35,36,37)/t22?,23?,24-,25+,26-,27?/m0/s1. The monoisotopic (exact) mass is 559 g/mol. The number of fused-ring (bicyclic) bond motifs is 5. The summed E-state index contributed by atoms with van der Waals surface area (Å²) in [5.74, 6) is 0.512. The summed E-state index contributed by atoms with van der Waals surface area (Å²) in [6.07, 6.45) is 2.35. The average molecular weight is 560 g/mol. The lowest BCUT2D eigenvalue weighted by Gasteiger charge is -2.59. The summed E-state index contributed by atoms with van der Waals surface area (Å²) in [4.78, 5) is 0. The summed E-state index contributed by atoms with van der Waals surface area (Å²) in [5.41, 5.74) is 3.53. The quantitative estimate of drug-likeness (QED) is 0.161. The molecule has 0 radical (unpaired) electrons. The van der Waals surface area contributed by atoms with Crippen molar-refractivity contribution in [2.45, 2.75) is 109 Å². The molecular weight excluding hydrogens is 519 g/mol. The van der Waals surface area contributed by atoms with Crippen molar-refractivity contribution in [2.75, 3.05) is 4.72 Å². The van der Waals surface area contributed by atoms with Gasteiger partial charge in [0.1, 0.15) is 6.10 Å². The number of aliphatic hydroxyl groups excluding tert-OH is 2. The molecule has 4 rings (SSSR count). The predicted molar refractivity (Wildman–Crippen MR) is 140 cm³/mol. The Kier molecular flexibility index (Phi) is 8.30. The summed E-state index contributed by atoms with van der Waals surface area (Å²) in [6, 6.07) is 5.46. The third-order valence-corrected chi connectivity index (χ3v) is 10.3. The minimum absolute atomic E-state index is 0.151. The Hall–Kier alpha value is -1.62. The van der Waals surface area contributed by atoms with Crippen LogP contribution in [0.25, 0.3) is 0 Å². The molecule has 0 saturated heterocycles. The molecule has 38 heavy (non-hydrogen) atoms. The van der Waals surface area contributed by atoms with Gasteiger partial charge in [0.2, 0.25) is 0 Å². The molecule has 0 amide bonds. The molecule has 1 aromatic carbocycles. The van der Waals surface area contributed by atoms with Gasteiger partial charge in [-0.3, -0.25) is 9.27 Å². The number of anilines is 1. The predicted octanol–water partition coefficient (Wildman–Crippen LogP) is 6.31. The van der Waals surface area contributed by atoms with E-state index < -0.39 is 22.6 Å². The second-order valence-electron chi connectivity index (χ2n) is 11.9. The minimum Gasteiger partial charge on any atom is -0.393 e. The van der Waals surface area contributed by atoms with Crippen LogP contribution >= 0.6 is 0 Å². The van der Waals surface area contributed by atoms with Crippen molar-refractivity contribution < 1.29 is 36.4 Å². The number of aryl methyl sites for hydroxylation is 1. The van der Waals surface area contributed by atoms with Crippen LogP contribution in [0.5, 0.6) is 0 Å². The van der Waals surface area contributed by atoms with Gasteiger partial charge >= 0.3 is 16.5 Å². The second-order valence-corrected chi connectivity index (χ2v) is 13.0. The maximum atomic E-state index is 12.5. The summed E-state index contributed by atoms with van der Waals surface area (Å²) in [6.45, 7) is 4.37. The van der Waals surface area contributed by atoms with Crippen molar-refractivity contribution in [1.29, 1.82) is 0 Å². The normalized spacial score (nSPS) is 32.3. The molecule has 0 aliphatic heterocycles. The molecule has 214 valence electrons. The largest absolute Gasteiger partial charge is 0.414 e. The highest BCUT2D eigenvalue weighted by molar-refractivity contribution is 7.87. The number of allylic oxidation sites excluding steroid dienone is 2. The lowest BCUT2D eigenvalue weighted by Crippen LogP contribution is -2.52. The van der Waals surface area contributed by atoms with E-state index in [0.29, 0.717) is 24.4 Å². The third kappa shape index (κ3) is 5.64. The number of benzene rings is 1. The van der Waals surface area contributed by atoms with E-state index in [9.17, 15) is 36.4 Å². The van der Waals surface area contributed by atoms with Gasteiger partial charge in [-0.05, 0) is 105 Å². The Balaban J connectivity index is 1.56. The number of alkyl halides is 3. The first kappa shape index (κ1) is 29.4. The molecule has 6 atom stereocenters. The molecule has 0 heterocycles. The van der Waals surface area contributed by atoms with Gasteiger partial charge in [0, 0.05) is 5.41 Å². The average Bonchev–Trinajstić information content (AvgIpc) is 3.13. The number of hydrogen-bond acceptors (Lipinski definition) is 4. The summed E-state index contributed by atoms with van der Waals surface area (Å²) in [7, 11) is -4.36. The second kappa shape index (κ2) is 10.7. The summed E-state index contributed by atoms with van der Waals surface area (Å²) < 4.78 is 71.6. The first-order valence-electron chi connectivity index (χ1n) is 13.7. The molecule has 6 nitrogen and oxygen atoms in total. The number of aliphatic hydroxyl groups is 2. The van der Waals surface area contributed by atoms with E-state index >= 15 is 0 Å². The molecule has 0 aromatic heterocycles. The van der Waals surface area contributed by atoms with Crippen molar-refractivity contribution in [2.24, 2.45) is 16.7 Å². The SMILES string of the molecule is CC(=CCCCCC[C@@H](O)C(F)(F)F)C12CCc3cc(NS(=O)(=O)O)ccc3C1CC[C@@]1(C)C2CC[C@@H]1O. The molecule has 1 aromatic rings. The Labute approximate surface area is 223 Å². The van der Waals surface area contributed by atoms with Gasteiger partial charge in [-0.1, -0.05) is 37.5 Å². The molecule has 10 heteroatoms. The zero-order chi connectivity index (χ0) is 27.9. The van der Waals surface area contributed by atoms with Gasteiger partial charge in [-0.25, -0.2) is 0 Å². The van der Waals surface area contributed by atoms with Gasteiger partial charge in [-0.15, -0.1) is 0 Å². The van der Waals surface area contributed by atoms with Crippen molar-refractivity contribution >= 4 is 16.0 Å². The fourth-order valence-corrected chi connectivity index (χ4v) is 8.36. The van der Waals surface area contributed by atoms with E-state index in [0.717, 1.165) is 56.9 Å².